The topological polar surface area (TPSA) is 22.0 Å². The molecule has 0 aliphatic heterocycles. The summed E-state index contributed by atoms with van der Waals surface area (Å²) < 4.78 is 15.6. The minimum atomic E-state index is -0.204. The Morgan fingerprint density at radius 3 is 2.88 bits per heavy atom. The molecule has 0 N–H and O–H groups in total. The van der Waals surface area contributed by atoms with Crippen LogP contribution in [0.15, 0.2) is 18.2 Å². The maximum absolute atomic E-state index is 13.6. The summed E-state index contributed by atoms with van der Waals surface area (Å²) in [5.74, 6) is 0.456. The number of halogens is 1. The van der Waals surface area contributed by atoms with Gasteiger partial charge in [-0.05, 0) is 43.9 Å². The van der Waals surface area contributed by atoms with Gasteiger partial charge in [-0.25, -0.2) is 4.39 Å². The second kappa shape index (κ2) is 3.69. The Hall–Kier alpha value is -1.64. The summed E-state index contributed by atoms with van der Waals surface area (Å²) in [7, 11) is 0. The van der Waals surface area contributed by atoms with Crippen molar-refractivity contribution in [2.24, 2.45) is 5.92 Å². The number of aldehydes is 1. The number of carbonyl (C=O) groups is 1. The van der Waals surface area contributed by atoms with Gasteiger partial charge in [-0.2, -0.15) is 0 Å². The predicted octanol–water partition coefficient (Wildman–Crippen LogP) is 3.31. The van der Waals surface area contributed by atoms with E-state index in [4.69, 9.17) is 0 Å². The molecule has 1 aliphatic rings. The first-order valence-corrected chi connectivity index (χ1v) is 5.94. The van der Waals surface area contributed by atoms with Gasteiger partial charge < -0.3 is 4.57 Å². The average Bonchev–Trinajstić information content (AvgIpc) is 3.05. The van der Waals surface area contributed by atoms with Crippen LogP contribution in [0.2, 0.25) is 0 Å². The highest BCUT2D eigenvalue weighted by Gasteiger charge is 2.24. The normalized spacial score (nSPS) is 15.4. The summed E-state index contributed by atoms with van der Waals surface area (Å²) in [6, 6.07) is 5.05. The lowest BCUT2D eigenvalue weighted by atomic mass is 10.1. The highest BCUT2D eigenvalue weighted by atomic mass is 19.1. The summed E-state index contributed by atoms with van der Waals surface area (Å²) in [4.78, 5) is 11.1. The number of benzene rings is 1. The maximum atomic E-state index is 13.6. The van der Waals surface area contributed by atoms with Gasteiger partial charge in [0.1, 0.15) is 5.82 Å². The van der Waals surface area contributed by atoms with Gasteiger partial charge in [0.15, 0.2) is 6.29 Å². The van der Waals surface area contributed by atoms with Crippen molar-refractivity contribution in [3.63, 3.8) is 0 Å². The smallest absolute Gasteiger partial charge is 0.166 e. The molecule has 2 nitrogen and oxygen atoms in total. The number of rotatable bonds is 3. The molecule has 3 rings (SSSR count). The van der Waals surface area contributed by atoms with Crippen molar-refractivity contribution in [3.05, 3.63) is 35.3 Å². The fourth-order valence-electron chi connectivity index (χ4n) is 2.39. The Morgan fingerprint density at radius 1 is 1.47 bits per heavy atom. The van der Waals surface area contributed by atoms with Crippen LogP contribution in [0.5, 0.6) is 0 Å². The van der Waals surface area contributed by atoms with Crippen LogP contribution >= 0.6 is 0 Å². The Balaban J connectivity index is 2.26. The molecule has 1 aromatic heterocycles. The fraction of sp³-hybridized carbons (Fsp3) is 0.357. The molecule has 88 valence electrons. The van der Waals surface area contributed by atoms with Crippen LogP contribution in [0, 0.1) is 18.7 Å². The molecule has 1 saturated carbocycles. The first-order valence-electron chi connectivity index (χ1n) is 5.94. The molecule has 1 heterocycles. The van der Waals surface area contributed by atoms with Crippen molar-refractivity contribution in [2.45, 2.75) is 26.3 Å². The van der Waals surface area contributed by atoms with Crippen LogP contribution in [-0.2, 0) is 6.54 Å². The summed E-state index contributed by atoms with van der Waals surface area (Å²) in [5.41, 5.74) is 2.16. The van der Waals surface area contributed by atoms with E-state index in [1.54, 1.807) is 13.0 Å². The quantitative estimate of drug-likeness (QED) is 0.743. The Bertz CT molecular complexity index is 596. The van der Waals surface area contributed by atoms with Gasteiger partial charge in [0.05, 0.1) is 11.2 Å². The number of hydrogen-bond donors (Lipinski definition) is 0. The zero-order valence-electron chi connectivity index (χ0n) is 9.74. The first kappa shape index (κ1) is 10.5. The van der Waals surface area contributed by atoms with Gasteiger partial charge >= 0.3 is 0 Å². The zero-order chi connectivity index (χ0) is 12.0. The highest BCUT2D eigenvalue weighted by molar-refractivity contribution is 5.90. The molecule has 1 fully saturated rings. The number of carbonyl (C=O) groups excluding carboxylic acids is 1. The summed E-state index contributed by atoms with van der Waals surface area (Å²) in [6.07, 6.45) is 3.29. The highest BCUT2D eigenvalue weighted by Crippen LogP contribution is 2.34. The third kappa shape index (κ3) is 1.66. The van der Waals surface area contributed by atoms with Crippen LogP contribution < -0.4 is 0 Å². The van der Waals surface area contributed by atoms with E-state index in [1.807, 2.05) is 10.6 Å². The molecule has 3 heteroatoms. The molecule has 1 aliphatic carbocycles. The first-order chi connectivity index (χ1) is 8.20. The van der Waals surface area contributed by atoms with Gasteiger partial charge in [0.2, 0.25) is 0 Å². The van der Waals surface area contributed by atoms with E-state index in [9.17, 15) is 9.18 Å². The summed E-state index contributed by atoms with van der Waals surface area (Å²) in [6.45, 7) is 2.61. The third-order valence-corrected chi connectivity index (χ3v) is 3.54. The third-order valence-electron chi connectivity index (χ3n) is 3.54. The monoisotopic (exact) mass is 231 g/mol. The standard InChI is InChI=1S/C14H14FNO/c1-9-13(15)5-4-11-6-12(8-17)16(14(9)11)7-10-2-3-10/h4-6,8,10H,2-3,7H2,1H3. The van der Waals surface area contributed by atoms with E-state index in [0.29, 0.717) is 17.2 Å². The van der Waals surface area contributed by atoms with E-state index in [1.165, 1.54) is 18.9 Å². The van der Waals surface area contributed by atoms with E-state index in [-0.39, 0.29) is 5.82 Å². The molecule has 0 amide bonds. The van der Waals surface area contributed by atoms with Crippen molar-refractivity contribution in [1.29, 1.82) is 0 Å². The molecular weight excluding hydrogens is 217 g/mol. The summed E-state index contributed by atoms with van der Waals surface area (Å²) in [5, 5.41) is 0.951. The molecule has 17 heavy (non-hydrogen) atoms. The van der Waals surface area contributed by atoms with Crippen LogP contribution in [0.3, 0.4) is 0 Å². The molecule has 0 atom stereocenters. The molecule has 0 spiro atoms. The molecule has 0 unspecified atom stereocenters. The minimum Gasteiger partial charge on any atom is -0.338 e. The number of hydrogen-bond acceptors (Lipinski definition) is 1. The number of aryl methyl sites for hydroxylation is 1. The van der Waals surface area contributed by atoms with Crippen LogP contribution in [0.4, 0.5) is 4.39 Å². The van der Waals surface area contributed by atoms with Crippen molar-refractivity contribution in [2.75, 3.05) is 0 Å². The van der Waals surface area contributed by atoms with Crippen LogP contribution in [-0.4, -0.2) is 10.9 Å². The molecule has 0 saturated heterocycles. The van der Waals surface area contributed by atoms with E-state index >= 15 is 0 Å². The lowest BCUT2D eigenvalue weighted by Crippen LogP contribution is -2.05. The van der Waals surface area contributed by atoms with Gasteiger partial charge in [-0.3, -0.25) is 4.79 Å². The number of nitrogens with zero attached hydrogens (tertiary/aromatic N) is 1. The summed E-state index contributed by atoms with van der Waals surface area (Å²) >= 11 is 0. The number of aromatic nitrogens is 1. The minimum absolute atomic E-state index is 0.204. The van der Waals surface area contributed by atoms with Gasteiger partial charge in [-0.15, -0.1) is 0 Å². The van der Waals surface area contributed by atoms with Crippen molar-refractivity contribution in [3.8, 4) is 0 Å². The second-order valence-corrected chi connectivity index (χ2v) is 4.85. The van der Waals surface area contributed by atoms with Gasteiger partial charge in [0.25, 0.3) is 0 Å². The van der Waals surface area contributed by atoms with E-state index < -0.39 is 0 Å². The zero-order valence-corrected chi connectivity index (χ0v) is 9.74. The Kier molecular flexibility index (Phi) is 2.28. The van der Waals surface area contributed by atoms with E-state index in [0.717, 1.165) is 23.7 Å². The van der Waals surface area contributed by atoms with Gasteiger partial charge in [0, 0.05) is 17.5 Å². The number of fused-ring (bicyclic) bond motifs is 1. The lowest BCUT2D eigenvalue weighted by molar-refractivity contribution is 0.111. The van der Waals surface area contributed by atoms with E-state index in [2.05, 4.69) is 0 Å². The molecular formula is C14H14FNO. The molecule has 1 aromatic carbocycles. The molecule has 2 aromatic rings. The fourth-order valence-corrected chi connectivity index (χ4v) is 2.39. The second-order valence-electron chi connectivity index (χ2n) is 4.85. The average molecular weight is 231 g/mol. The van der Waals surface area contributed by atoms with Crippen molar-refractivity contribution < 1.29 is 9.18 Å². The van der Waals surface area contributed by atoms with Crippen molar-refractivity contribution >= 4 is 17.2 Å². The van der Waals surface area contributed by atoms with Gasteiger partial charge in [-0.1, -0.05) is 0 Å². The van der Waals surface area contributed by atoms with Crippen LogP contribution in [0.1, 0.15) is 28.9 Å². The van der Waals surface area contributed by atoms with Crippen molar-refractivity contribution in [1.82, 2.24) is 4.57 Å². The lowest BCUT2D eigenvalue weighted by Gasteiger charge is -2.09. The van der Waals surface area contributed by atoms with Crippen LogP contribution in [0.25, 0.3) is 10.9 Å². The predicted molar refractivity (Wildman–Crippen MR) is 64.7 cm³/mol. The molecule has 0 bridgehead atoms. The Labute approximate surface area is 99.0 Å². The Morgan fingerprint density at radius 2 is 2.24 bits per heavy atom. The maximum Gasteiger partial charge on any atom is 0.166 e. The largest absolute Gasteiger partial charge is 0.338 e. The molecule has 0 radical (unpaired) electrons. The SMILES string of the molecule is Cc1c(F)ccc2cc(C=O)n(CC3CC3)c12.